The van der Waals surface area contributed by atoms with Gasteiger partial charge in [0, 0.05) is 6.54 Å². The predicted octanol–water partition coefficient (Wildman–Crippen LogP) is 5.09. The monoisotopic (exact) mass is 381 g/mol. The number of hydrogen-bond donors (Lipinski definition) is 0. The quantitative estimate of drug-likeness (QED) is 0.742. The molecule has 6 heteroatoms. The van der Waals surface area contributed by atoms with Crippen molar-refractivity contribution < 1.29 is 12.8 Å². The molecule has 1 aliphatic heterocycles. The van der Waals surface area contributed by atoms with E-state index in [0.29, 0.717) is 6.54 Å². The number of halogens is 2. The van der Waals surface area contributed by atoms with E-state index >= 15 is 0 Å². The summed E-state index contributed by atoms with van der Waals surface area (Å²) in [6.45, 7) is 2.46. The molecule has 2 aromatic rings. The summed E-state index contributed by atoms with van der Waals surface area (Å²) in [5, 5.41) is -0.178. The minimum atomic E-state index is -3.75. The number of nitrogens with zero attached hydrogens (tertiary/aromatic N) is 1. The maximum absolute atomic E-state index is 13.4. The zero-order valence-corrected chi connectivity index (χ0v) is 15.7. The van der Waals surface area contributed by atoms with E-state index in [1.165, 1.54) is 12.1 Å². The van der Waals surface area contributed by atoms with Crippen LogP contribution in [0.25, 0.3) is 0 Å². The fourth-order valence-electron chi connectivity index (χ4n) is 3.26. The van der Waals surface area contributed by atoms with Crippen LogP contribution < -0.4 is 0 Å². The van der Waals surface area contributed by atoms with Crippen LogP contribution in [0.3, 0.4) is 0 Å². The Morgan fingerprint density at radius 2 is 1.80 bits per heavy atom. The first-order chi connectivity index (χ1) is 11.9. The Kier molecular flexibility index (Phi) is 5.46. The Hall–Kier alpha value is -1.43. The molecule has 0 spiro atoms. The first kappa shape index (κ1) is 18.4. The second-order valence-corrected chi connectivity index (χ2v) is 8.77. The molecular weight excluding hydrogens is 361 g/mol. The van der Waals surface area contributed by atoms with Crippen molar-refractivity contribution >= 4 is 21.6 Å². The van der Waals surface area contributed by atoms with Gasteiger partial charge in [0.1, 0.15) is 5.82 Å². The average Bonchev–Trinajstić information content (AvgIpc) is 2.84. The number of benzene rings is 2. The number of hydrogen-bond acceptors (Lipinski definition) is 2. The van der Waals surface area contributed by atoms with E-state index in [1.54, 1.807) is 4.31 Å². The fourth-order valence-corrected chi connectivity index (χ4v) is 5.22. The normalized spacial score (nSPS) is 19.6. The Morgan fingerprint density at radius 1 is 1.08 bits per heavy atom. The lowest BCUT2D eigenvalue weighted by Gasteiger charge is -2.29. The van der Waals surface area contributed by atoms with Crippen LogP contribution in [0.4, 0.5) is 4.39 Å². The van der Waals surface area contributed by atoms with Crippen LogP contribution in [0.1, 0.15) is 42.9 Å². The topological polar surface area (TPSA) is 37.4 Å². The number of sulfonamides is 1. The average molecular weight is 382 g/mol. The van der Waals surface area contributed by atoms with Crippen LogP contribution in [0.2, 0.25) is 5.02 Å². The third-order valence-electron chi connectivity index (χ3n) is 4.66. The maximum Gasteiger partial charge on any atom is 0.243 e. The lowest BCUT2D eigenvalue weighted by molar-refractivity contribution is 0.329. The molecule has 2 aromatic carbocycles. The minimum Gasteiger partial charge on any atom is -0.207 e. The van der Waals surface area contributed by atoms with Gasteiger partial charge in [0.2, 0.25) is 10.0 Å². The SMILES string of the molecule is Cc1ccc(C2CCCCCN2S(=O)(=O)c2ccc(F)c(Cl)c2)cc1. The second kappa shape index (κ2) is 7.44. The van der Waals surface area contributed by atoms with Crippen molar-refractivity contribution in [3.8, 4) is 0 Å². The highest BCUT2D eigenvalue weighted by atomic mass is 35.5. The molecule has 0 aromatic heterocycles. The van der Waals surface area contributed by atoms with Crippen LogP contribution in [0.15, 0.2) is 47.4 Å². The largest absolute Gasteiger partial charge is 0.243 e. The van der Waals surface area contributed by atoms with Crippen molar-refractivity contribution in [2.75, 3.05) is 6.54 Å². The second-order valence-electron chi connectivity index (χ2n) is 6.47. The van der Waals surface area contributed by atoms with E-state index in [2.05, 4.69) is 0 Å². The summed E-state index contributed by atoms with van der Waals surface area (Å²) < 4.78 is 41.4. The van der Waals surface area contributed by atoms with Gasteiger partial charge in [0.05, 0.1) is 16.0 Å². The van der Waals surface area contributed by atoms with Crippen molar-refractivity contribution in [3.05, 3.63) is 64.4 Å². The lowest BCUT2D eigenvalue weighted by Crippen LogP contribution is -2.34. The third kappa shape index (κ3) is 3.89. The summed E-state index contributed by atoms with van der Waals surface area (Å²) >= 11 is 5.80. The first-order valence-corrected chi connectivity index (χ1v) is 10.2. The van der Waals surface area contributed by atoms with Crippen LogP contribution in [0.5, 0.6) is 0 Å². The Morgan fingerprint density at radius 3 is 2.48 bits per heavy atom. The van der Waals surface area contributed by atoms with E-state index < -0.39 is 15.8 Å². The molecule has 0 bridgehead atoms. The van der Waals surface area contributed by atoms with Crippen LogP contribution in [0, 0.1) is 12.7 Å². The summed E-state index contributed by atoms with van der Waals surface area (Å²) in [5.74, 6) is -0.619. The number of rotatable bonds is 3. The van der Waals surface area contributed by atoms with Gasteiger partial charge in [0.15, 0.2) is 0 Å². The van der Waals surface area contributed by atoms with Gasteiger partial charge < -0.3 is 0 Å². The summed E-state index contributed by atoms with van der Waals surface area (Å²) in [5.41, 5.74) is 2.13. The summed E-state index contributed by atoms with van der Waals surface area (Å²) in [6, 6.07) is 11.4. The fraction of sp³-hybridized carbons (Fsp3) is 0.368. The molecule has 25 heavy (non-hydrogen) atoms. The van der Waals surface area contributed by atoms with Gasteiger partial charge in [-0.05, 0) is 43.5 Å². The van der Waals surface area contributed by atoms with Crippen molar-refractivity contribution in [1.29, 1.82) is 0 Å². The van der Waals surface area contributed by atoms with Gasteiger partial charge in [-0.2, -0.15) is 4.31 Å². The van der Waals surface area contributed by atoms with Gasteiger partial charge in [-0.1, -0.05) is 54.3 Å². The molecular formula is C19H21ClFNO2S. The molecule has 134 valence electrons. The highest BCUT2D eigenvalue weighted by molar-refractivity contribution is 7.89. The van der Waals surface area contributed by atoms with Crippen LogP contribution >= 0.6 is 11.6 Å². The van der Waals surface area contributed by atoms with E-state index in [0.717, 1.165) is 42.9 Å². The van der Waals surface area contributed by atoms with E-state index in [9.17, 15) is 12.8 Å². The van der Waals surface area contributed by atoms with Crippen molar-refractivity contribution in [2.24, 2.45) is 0 Å². The molecule has 0 N–H and O–H groups in total. The summed E-state index contributed by atoms with van der Waals surface area (Å²) in [6.07, 6.45) is 3.57. The standard InChI is InChI=1S/C19H21ClFNO2S/c1-14-6-8-15(9-7-14)19-5-3-2-4-12-22(19)25(23,24)16-10-11-18(21)17(20)13-16/h6-11,13,19H,2-5,12H2,1H3. The van der Waals surface area contributed by atoms with E-state index in [-0.39, 0.29) is 16.0 Å². The zero-order valence-electron chi connectivity index (χ0n) is 14.1. The molecule has 0 amide bonds. The lowest BCUT2D eigenvalue weighted by atomic mass is 10.0. The molecule has 3 nitrogen and oxygen atoms in total. The zero-order chi connectivity index (χ0) is 18.0. The van der Waals surface area contributed by atoms with Gasteiger partial charge >= 0.3 is 0 Å². The predicted molar refractivity (Wildman–Crippen MR) is 97.7 cm³/mol. The van der Waals surface area contributed by atoms with Crippen LogP contribution in [-0.4, -0.2) is 19.3 Å². The molecule has 1 saturated heterocycles. The molecule has 1 aliphatic rings. The molecule has 1 fully saturated rings. The molecule has 3 rings (SSSR count). The molecule has 0 aliphatic carbocycles. The van der Waals surface area contributed by atoms with E-state index in [1.807, 2.05) is 31.2 Å². The molecule has 1 unspecified atom stereocenters. The molecule has 1 atom stereocenters. The number of aryl methyl sites for hydroxylation is 1. The van der Waals surface area contributed by atoms with Crippen molar-refractivity contribution in [1.82, 2.24) is 4.31 Å². The molecule has 0 saturated carbocycles. The molecule has 0 radical (unpaired) electrons. The van der Waals surface area contributed by atoms with Crippen molar-refractivity contribution in [2.45, 2.75) is 43.5 Å². The Bertz CT molecular complexity index is 852. The molecule has 1 heterocycles. The Balaban J connectivity index is 2.02. The van der Waals surface area contributed by atoms with Gasteiger partial charge in [0.25, 0.3) is 0 Å². The van der Waals surface area contributed by atoms with E-state index in [4.69, 9.17) is 11.6 Å². The smallest absolute Gasteiger partial charge is 0.207 e. The van der Waals surface area contributed by atoms with Gasteiger partial charge in [-0.25, -0.2) is 12.8 Å². The Labute approximate surface area is 153 Å². The summed E-state index contributed by atoms with van der Waals surface area (Å²) in [7, 11) is -3.75. The van der Waals surface area contributed by atoms with Gasteiger partial charge in [-0.3, -0.25) is 0 Å². The highest BCUT2D eigenvalue weighted by Gasteiger charge is 2.33. The first-order valence-electron chi connectivity index (χ1n) is 8.43. The van der Waals surface area contributed by atoms with Crippen LogP contribution in [-0.2, 0) is 10.0 Å². The summed E-state index contributed by atoms with van der Waals surface area (Å²) in [4.78, 5) is 0.0397. The minimum absolute atomic E-state index is 0.0397. The third-order valence-corrected chi connectivity index (χ3v) is 6.86. The maximum atomic E-state index is 13.4. The highest BCUT2D eigenvalue weighted by Crippen LogP contribution is 2.35. The van der Waals surface area contributed by atoms with Crippen molar-refractivity contribution in [3.63, 3.8) is 0 Å². The van der Waals surface area contributed by atoms with Gasteiger partial charge in [-0.15, -0.1) is 0 Å².